The number of carbonyl (C=O) groups excluding carboxylic acids is 2. The molecule has 176 valence electrons. The minimum Gasteiger partial charge on any atom is -0.443 e. The summed E-state index contributed by atoms with van der Waals surface area (Å²) in [4.78, 5) is 34.7. The van der Waals surface area contributed by atoms with E-state index in [0.717, 1.165) is 51.6 Å². The number of nitrogens with zero attached hydrogens (tertiary/aromatic N) is 3. The minimum atomic E-state index is -0.123. The quantitative estimate of drug-likeness (QED) is 0.537. The van der Waals surface area contributed by atoms with E-state index in [4.69, 9.17) is 4.42 Å². The Balaban J connectivity index is 1.30. The number of amides is 2. The fraction of sp³-hybridized carbons (Fsp3) is 0.393. The van der Waals surface area contributed by atoms with E-state index in [0.29, 0.717) is 41.6 Å². The molecule has 2 fully saturated rings. The second-order valence-electron chi connectivity index (χ2n) is 9.35. The molecule has 3 heterocycles. The molecule has 6 nitrogen and oxygen atoms in total. The van der Waals surface area contributed by atoms with Gasteiger partial charge in [-0.05, 0) is 56.1 Å². The van der Waals surface area contributed by atoms with Gasteiger partial charge in [0.1, 0.15) is 0 Å². The molecule has 0 unspecified atom stereocenters. The second kappa shape index (κ2) is 10.2. The molecule has 0 saturated carbocycles. The van der Waals surface area contributed by atoms with E-state index in [1.54, 1.807) is 0 Å². The summed E-state index contributed by atoms with van der Waals surface area (Å²) in [5, 5.41) is 0. The molecule has 2 aliphatic rings. The third-order valence-corrected chi connectivity index (χ3v) is 7.08. The fourth-order valence-corrected chi connectivity index (χ4v) is 5.16. The van der Waals surface area contributed by atoms with Gasteiger partial charge in [0.25, 0.3) is 11.8 Å². The zero-order chi connectivity index (χ0) is 23.3. The average Bonchev–Trinajstić information content (AvgIpc) is 3.39. The summed E-state index contributed by atoms with van der Waals surface area (Å²) in [5.41, 5.74) is 2.84. The van der Waals surface area contributed by atoms with Crippen molar-refractivity contribution in [2.24, 2.45) is 5.92 Å². The molecule has 0 N–H and O–H groups in total. The normalized spacial score (nSPS) is 17.1. The summed E-state index contributed by atoms with van der Waals surface area (Å²) in [6.07, 6.45) is 7.52. The number of rotatable bonds is 5. The molecule has 0 spiro atoms. The molecular formula is C28H31N3O3. The van der Waals surface area contributed by atoms with Crippen molar-refractivity contribution in [3.05, 3.63) is 77.8 Å². The zero-order valence-corrected chi connectivity index (χ0v) is 19.5. The highest BCUT2D eigenvalue weighted by molar-refractivity contribution is 6.04. The highest BCUT2D eigenvalue weighted by Crippen LogP contribution is 2.30. The van der Waals surface area contributed by atoms with Gasteiger partial charge in [0, 0.05) is 31.7 Å². The largest absolute Gasteiger partial charge is 0.443 e. The molecule has 3 aromatic rings. The number of carbonyl (C=O) groups is 2. The van der Waals surface area contributed by atoms with Crippen molar-refractivity contribution in [3.8, 4) is 11.3 Å². The highest BCUT2D eigenvalue weighted by Gasteiger charge is 2.30. The maximum absolute atomic E-state index is 13.4. The molecular weight excluding hydrogens is 426 g/mol. The molecule has 6 heteroatoms. The summed E-state index contributed by atoms with van der Waals surface area (Å²) in [6, 6.07) is 17.9. The Bertz CT molecular complexity index is 1130. The molecule has 2 saturated heterocycles. The molecule has 0 atom stereocenters. The summed E-state index contributed by atoms with van der Waals surface area (Å²) < 4.78 is 5.71. The zero-order valence-electron chi connectivity index (χ0n) is 19.5. The average molecular weight is 458 g/mol. The summed E-state index contributed by atoms with van der Waals surface area (Å²) >= 11 is 0. The van der Waals surface area contributed by atoms with Gasteiger partial charge < -0.3 is 14.2 Å². The monoisotopic (exact) mass is 457 g/mol. The van der Waals surface area contributed by atoms with Crippen LogP contribution in [0.2, 0.25) is 0 Å². The number of benzene rings is 2. The van der Waals surface area contributed by atoms with Crippen LogP contribution in [0.1, 0.15) is 58.5 Å². The van der Waals surface area contributed by atoms with Gasteiger partial charge >= 0.3 is 0 Å². The van der Waals surface area contributed by atoms with Crippen molar-refractivity contribution >= 4 is 11.8 Å². The number of likely N-dealkylation sites (tertiary alicyclic amines) is 2. The molecule has 5 rings (SSSR count). The van der Waals surface area contributed by atoms with Gasteiger partial charge in [-0.1, -0.05) is 48.5 Å². The lowest BCUT2D eigenvalue weighted by molar-refractivity contribution is 0.0683. The topological polar surface area (TPSA) is 66.7 Å². The van der Waals surface area contributed by atoms with Crippen LogP contribution >= 0.6 is 0 Å². The first-order valence-corrected chi connectivity index (χ1v) is 12.4. The Morgan fingerprint density at radius 3 is 2.26 bits per heavy atom. The van der Waals surface area contributed by atoms with Crippen molar-refractivity contribution in [2.45, 2.75) is 38.5 Å². The number of hydrogen-bond acceptors (Lipinski definition) is 4. The molecule has 2 amide bonds. The van der Waals surface area contributed by atoms with E-state index < -0.39 is 0 Å². The lowest BCUT2D eigenvalue weighted by Gasteiger charge is -2.32. The van der Waals surface area contributed by atoms with E-state index in [-0.39, 0.29) is 11.8 Å². The van der Waals surface area contributed by atoms with Gasteiger partial charge in [0.05, 0.1) is 5.56 Å². The van der Waals surface area contributed by atoms with Crippen molar-refractivity contribution in [3.63, 3.8) is 0 Å². The van der Waals surface area contributed by atoms with Gasteiger partial charge in [-0.15, -0.1) is 0 Å². The standard InChI is InChI=1S/C28H31N3O3/c32-27(30-15-7-2-8-16-30)24-12-6-5-11-23(24)26-25(29-20-34-26)28(33)31-17-13-22(14-18-31)19-21-9-3-1-4-10-21/h1,3-6,9-12,20,22H,2,7-8,13-19H2. The van der Waals surface area contributed by atoms with Crippen LogP contribution in [0.3, 0.4) is 0 Å². The Hall–Kier alpha value is -3.41. The summed E-state index contributed by atoms with van der Waals surface area (Å²) in [6.45, 7) is 2.95. The van der Waals surface area contributed by atoms with Crippen LogP contribution in [0.25, 0.3) is 11.3 Å². The lowest BCUT2D eigenvalue weighted by Crippen LogP contribution is -2.39. The van der Waals surface area contributed by atoms with Gasteiger partial charge in [0.15, 0.2) is 17.8 Å². The number of piperidine rings is 2. The first-order valence-electron chi connectivity index (χ1n) is 12.4. The van der Waals surface area contributed by atoms with Crippen molar-refractivity contribution < 1.29 is 14.0 Å². The van der Waals surface area contributed by atoms with E-state index in [1.165, 1.54) is 12.0 Å². The summed E-state index contributed by atoms with van der Waals surface area (Å²) in [5.74, 6) is 0.831. The predicted octanol–water partition coefficient (Wildman–Crippen LogP) is 5.06. The van der Waals surface area contributed by atoms with Gasteiger partial charge in [-0.2, -0.15) is 0 Å². The Kier molecular flexibility index (Phi) is 6.74. The van der Waals surface area contributed by atoms with E-state index in [9.17, 15) is 9.59 Å². The van der Waals surface area contributed by atoms with Crippen LogP contribution in [0, 0.1) is 5.92 Å². The molecule has 1 aromatic heterocycles. The third kappa shape index (κ3) is 4.76. The maximum Gasteiger partial charge on any atom is 0.276 e. The van der Waals surface area contributed by atoms with Crippen LogP contribution in [-0.4, -0.2) is 52.8 Å². The summed E-state index contributed by atoms with van der Waals surface area (Å²) in [7, 11) is 0. The van der Waals surface area contributed by atoms with Crippen molar-refractivity contribution in [2.75, 3.05) is 26.2 Å². The Morgan fingerprint density at radius 1 is 0.824 bits per heavy atom. The lowest BCUT2D eigenvalue weighted by atomic mass is 9.90. The Labute approximate surface area is 200 Å². The van der Waals surface area contributed by atoms with Crippen LogP contribution in [0.4, 0.5) is 0 Å². The number of hydrogen-bond donors (Lipinski definition) is 0. The van der Waals surface area contributed by atoms with Crippen LogP contribution in [0.5, 0.6) is 0 Å². The molecule has 0 aliphatic carbocycles. The molecule has 34 heavy (non-hydrogen) atoms. The first-order chi connectivity index (χ1) is 16.7. The SMILES string of the molecule is O=C(c1ccccc1-c1ocnc1C(=O)N1CCC(Cc2ccccc2)CC1)N1CCCCC1. The van der Waals surface area contributed by atoms with E-state index in [1.807, 2.05) is 40.1 Å². The highest BCUT2D eigenvalue weighted by atomic mass is 16.3. The van der Waals surface area contributed by atoms with Crippen molar-refractivity contribution in [1.29, 1.82) is 0 Å². The Morgan fingerprint density at radius 2 is 1.50 bits per heavy atom. The predicted molar refractivity (Wildman–Crippen MR) is 130 cm³/mol. The first kappa shape index (κ1) is 22.4. The van der Waals surface area contributed by atoms with Crippen LogP contribution in [0.15, 0.2) is 65.4 Å². The van der Waals surface area contributed by atoms with Crippen LogP contribution in [-0.2, 0) is 6.42 Å². The molecule has 2 aromatic carbocycles. The second-order valence-corrected chi connectivity index (χ2v) is 9.35. The fourth-order valence-electron chi connectivity index (χ4n) is 5.16. The van der Waals surface area contributed by atoms with E-state index in [2.05, 4.69) is 29.2 Å². The van der Waals surface area contributed by atoms with Crippen LogP contribution < -0.4 is 0 Å². The van der Waals surface area contributed by atoms with Crippen molar-refractivity contribution in [1.82, 2.24) is 14.8 Å². The smallest absolute Gasteiger partial charge is 0.276 e. The minimum absolute atomic E-state index is 0.00757. The molecule has 0 radical (unpaired) electrons. The maximum atomic E-state index is 13.4. The van der Waals surface area contributed by atoms with Gasteiger partial charge in [-0.25, -0.2) is 4.98 Å². The van der Waals surface area contributed by atoms with E-state index >= 15 is 0 Å². The number of aromatic nitrogens is 1. The van der Waals surface area contributed by atoms with Gasteiger partial charge in [0.2, 0.25) is 0 Å². The number of oxazole rings is 1. The third-order valence-electron chi connectivity index (χ3n) is 7.08. The molecule has 0 bridgehead atoms. The molecule has 2 aliphatic heterocycles. The van der Waals surface area contributed by atoms with Gasteiger partial charge in [-0.3, -0.25) is 9.59 Å².